The van der Waals surface area contributed by atoms with Crippen LogP contribution in [0, 0.1) is 0 Å². The van der Waals surface area contributed by atoms with Gasteiger partial charge in [-0.2, -0.15) is 0 Å². The van der Waals surface area contributed by atoms with Crippen molar-refractivity contribution in [3.63, 3.8) is 0 Å². The predicted molar refractivity (Wildman–Crippen MR) is 135 cm³/mol. The van der Waals surface area contributed by atoms with Gasteiger partial charge in [0, 0.05) is 11.8 Å². The molecule has 6 aromatic rings. The minimum Gasteiger partial charge on any atom is -0.456 e. The van der Waals surface area contributed by atoms with Gasteiger partial charge in [0.05, 0.1) is 0 Å². The lowest BCUT2D eigenvalue weighted by Gasteiger charge is -2.13. The molecular weight excluding hydrogens is 388 g/mol. The molecule has 150 valence electrons. The first kappa shape index (κ1) is 17.6. The normalized spacial score (nSPS) is 13.1. The average molecular weight is 409 g/mol. The molecule has 32 heavy (non-hydrogen) atoms. The van der Waals surface area contributed by atoms with Gasteiger partial charge in [-0.15, -0.1) is 0 Å². The highest BCUT2D eigenvalue weighted by Crippen LogP contribution is 2.41. The van der Waals surface area contributed by atoms with Crippen LogP contribution in [-0.2, 0) is 6.42 Å². The minimum atomic E-state index is 0.884. The van der Waals surface area contributed by atoms with Crippen LogP contribution in [0.15, 0.2) is 108 Å². The molecule has 0 aliphatic heterocycles. The summed E-state index contributed by atoms with van der Waals surface area (Å²) in [7, 11) is 0. The van der Waals surface area contributed by atoms with Crippen molar-refractivity contribution >= 4 is 44.2 Å². The van der Waals surface area contributed by atoms with E-state index in [-0.39, 0.29) is 0 Å². The Kier molecular flexibility index (Phi) is 3.68. The summed E-state index contributed by atoms with van der Waals surface area (Å²) in [6.07, 6.45) is 3.17. The summed E-state index contributed by atoms with van der Waals surface area (Å²) in [6, 6.07) is 36.9. The van der Waals surface area contributed by atoms with E-state index in [9.17, 15) is 0 Å². The van der Waals surface area contributed by atoms with E-state index in [2.05, 4.69) is 97.1 Å². The maximum absolute atomic E-state index is 6.18. The second kappa shape index (κ2) is 6.70. The molecule has 1 heterocycles. The molecule has 1 aliphatic rings. The fourth-order valence-electron chi connectivity index (χ4n) is 5.19. The van der Waals surface area contributed by atoms with Crippen LogP contribution in [0.25, 0.3) is 55.3 Å². The van der Waals surface area contributed by atoms with Crippen molar-refractivity contribution in [2.75, 3.05) is 0 Å². The second-order valence-corrected chi connectivity index (χ2v) is 8.56. The number of hydrogen-bond donors (Lipinski definition) is 0. The summed E-state index contributed by atoms with van der Waals surface area (Å²) in [4.78, 5) is 0. The fourth-order valence-corrected chi connectivity index (χ4v) is 5.19. The zero-order chi connectivity index (χ0) is 21.1. The first-order valence-electron chi connectivity index (χ1n) is 11.1. The van der Waals surface area contributed by atoms with E-state index >= 15 is 0 Å². The summed E-state index contributed by atoms with van der Waals surface area (Å²) < 4.78 is 6.18. The van der Waals surface area contributed by atoms with E-state index < -0.39 is 0 Å². The maximum atomic E-state index is 6.18. The number of furan rings is 1. The fraction of sp³-hybridized carbons (Fsp3) is 0.0323. The van der Waals surface area contributed by atoms with Crippen LogP contribution in [0.4, 0.5) is 0 Å². The zero-order valence-corrected chi connectivity index (χ0v) is 17.5. The van der Waals surface area contributed by atoms with E-state index in [0.717, 1.165) is 23.2 Å². The lowest BCUT2D eigenvalue weighted by molar-refractivity contribution is 0.598. The van der Waals surface area contributed by atoms with E-state index in [1.807, 2.05) is 12.1 Å². The van der Waals surface area contributed by atoms with Gasteiger partial charge in [0.2, 0.25) is 0 Å². The van der Waals surface area contributed by atoms with Crippen molar-refractivity contribution in [2.24, 2.45) is 0 Å². The zero-order valence-electron chi connectivity index (χ0n) is 17.5. The SMILES string of the molecule is C1=C(c2cc3ccccc3o2)Cc2c1cccc2-c1cccc2c1ccc1ccccc12. The highest BCUT2D eigenvalue weighted by Gasteiger charge is 2.21. The summed E-state index contributed by atoms with van der Waals surface area (Å²) >= 11 is 0. The molecule has 5 aromatic carbocycles. The van der Waals surface area contributed by atoms with Gasteiger partial charge in [0.15, 0.2) is 0 Å². The van der Waals surface area contributed by atoms with Crippen molar-refractivity contribution < 1.29 is 4.42 Å². The quantitative estimate of drug-likeness (QED) is 0.262. The van der Waals surface area contributed by atoms with Gasteiger partial charge in [-0.25, -0.2) is 0 Å². The first-order chi connectivity index (χ1) is 15.8. The molecule has 7 rings (SSSR count). The van der Waals surface area contributed by atoms with Crippen molar-refractivity contribution in [3.05, 3.63) is 120 Å². The molecule has 0 saturated heterocycles. The second-order valence-electron chi connectivity index (χ2n) is 8.56. The smallest absolute Gasteiger partial charge is 0.134 e. The topological polar surface area (TPSA) is 13.1 Å². The van der Waals surface area contributed by atoms with E-state index in [4.69, 9.17) is 4.42 Å². The minimum absolute atomic E-state index is 0.884. The molecule has 0 spiro atoms. The van der Waals surface area contributed by atoms with Gasteiger partial charge in [-0.3, -0.25) is 0 Å². The lowest BCUT2D eigenvalue weighted by Crippen LogP contribution is -1.91. The van der Waals surface area contributed by atoms with Crippen LogP contribution >= 0.6 is 0 Å². The van der Waals surface area contributed by atoms with Crippen molar-refractivity contribution in [3.8, 4) is 11.1 Å². The molecule has 1 nitrogen and oxygen atoms in total. The van der Waals surface area contributed by atoms with Crippen LogP contribution in [0.2, 0.25) is 0 Å². The van der Waals surface area contributed by atoms with E-state index in [1.165, 1.54) is 49.4 Å². The largest absolute Gasteiger partial charge is 0.456 e. The molecule has 0 N–H and O–H groups in total. The van der Waals surface area contributed by atoms with Gasteiger partial charge in [0.25, 0.3) is 0 Å². The number of fused-ring (bicyclic) bond motifs is 5. The third kappa shape index (κ3) is 2.58. The maximum Gasteiger partial charge on any atom is 0.134 e. The third-order valence-corrected chi connectivity index (χ3v) is 6.73. The molecule has 1 aliphatic carbocycles. The highest BCUT2D eigenvalue weighted by molar-refractivity contribution is 6.12. The van der Waals surface area contributed by atoms with Crippen LogP contribution in [0.3, 0.4) is 0 Å². The molecule has 0 fully saturated rings. The molecule has 0 bridgehead atoms. The van der Waals surface area contributed by atoms with Crippen LogP contribution < -0.4 is 0 Å². The average Bonchev–Trinajstić information content (AvgIpc) is 3.47. The molecule has 0 atom stereocenters. The Morgan fingerprint density at radius 3 is 2.28 bits per heavy atom. The molecule has 0 radical (unpaired) electrons. The van der Waals surface area contributed by atoms with E-state index in [0.29, 0.717) is 0 Å². The molecule has 0 saturated carbocycles. The van der Waals surface area contributed by atoms with Gasteiger partial charge in [-0.05, 0) is 67.6 Å². The number of allylic oxidation sites excluding steroid dienone is 1. The summed E-state index contributed by atoms with van der Waals surface area (Å²) in [5.41, 5.74) is 7.46. The Hall–Kier alpha value is -4.10. The van der Waals surface area contributed by atoms with Crippen molar-refractivity contribution in [2.45, 2.75) is 6.42 Å². The van der Waals surface area contributed by atoms with Gasteiger partial charge in [-0.1, -0.05) is 91.0 Å². The van der Waals surface area contributed by atoms with Gasteiger partial charge < -0.3 is 4.42 Å². The summed E-state index contributed by atoms with van der Waals surface area (Å²) in [6.45, 7) is 0. The molecule has 1 heteroatoms. The third-order valence-electron chi connectivity index (χ3n) is 6.73. The summed E-state index contributed by atoms with van der Waals surface area (Å²) in [5, 5.41) is 6.35. The van der Waals surface area contributed by atoms with Gasteiger partial charge >= 0.3 is 0 Å². The monoisotopic (exact) mass is 408 g/mol. The number of hydrogen-bond acceptors (Lipinski definition) is 1. The Balaban J connectivity index is 1.38. The van der Waals surface area contributed by atoms with Crippen LogP contribution in [0.1, 0.15) is 16.9 Å². The molecular formula is C31H20O. The Morgan fingerprint density at radius 2 is 1.34 bits per heavy atom. The number of para-hydroxylation sites is 1. The number of rotatable bonds is 2. The van der Waals surface area contributed by atoms with Gasteiger partial charge in [0.1, 0.15) is 11.3 Å². The lowest BCUT2D eigenvalue weighted by atomic mass is 9.90. The Bertz CT molecular complexity index is 1660. The van der Waals surface area contributed by atoms with E-state index in [1.54, 1.807) is 0 Å². The standard InChI is InChI=1S/C31H20O/c1-3-10-24-20(7-1)15-16-28-25(24)12-6-13-26(28)27-11-5-9-21-17-23(18-29(21)27)31-19-22-8-2-4-14-30(22)32-31/h1-17,19H,18H2. The predicted octanol–water partition coefficient (Wildman–Crippen LogP) is 8.50. The highest BCUT2D eigenvalue weighted by atomic mass is 16.3. The van der Waals surface area contributed by atoms with Crippen LogP contribution in [-0.4, -0.2) is 0 Å². The Morgan fingerprint density at radius 1 is 0.562 bits per heavy atom. The molecule has 1 aromatic heterocycles. The first-order valence-corrected chi connectivity index (χ1v) is 11.1. The Labute approximate surface area is 186 Å². The number of benzene rings is 5. The summed E-state index contributed by atoms with van der Waals surface area (Å²) in [5.74, 6) is 0.970. The van der Waals surface area contributed by atoms with Crippen molar-refractivity contribution in [1.82, 2.24) is 0 Å². The molecule has 0 unspecified atom stereocenters. The van der Waals surface area contributed by atoms with Crippen LogP contribution in [0.5, 0.6) is 0 Å². The molecule has 0 amide bonds. The van der Waals surface area contributed by atoms with Crippen molar-refractivity contribution in [1.29, 1.82) is 0 Å².